The van der Waals surface area contributed by atoms with E-state index in [1.807, 2.05) is 12.1 Å². The fourth-order valence-corrected chi connectivity index (χ4v) is 2.47. The zero-order valence-corrected chi connectivity index (χ0v) is 8.65. The number of hydrogen-bond donors (Lipinski definition) is 1. The molecule has 2 rings (SSSR count). The van der Waals surface area contributed by atoms with Crippen molar-refractivity contribution in [3.8, 4) is 0 Å². The number of halogens is 1. The molecule has 0 amide bonds. The quantitative estimate of drug-likeness (QED) is 0.835. The van der Waals surface area contributed by atoms with Crippen LogP contribution in [0.1, 0.15) is 5.69 Å². The zero-order chi connectivity index (χ0) is 8.55. The van der Waals surface area contributed by atoms with Crippen LogP contribution < -0.4 is 5.73 Å². The Morgan fingerprint density at radius 1 is 1.50 bits per heavy atom. The Bertz CT molecular complexity index is 410. The summed E-state index contributed by atoms with van der Waals surface area (Å²) in [4.78, 5) is 0. The highest BCUT2D eigenvalue weighted by Gasteiger charge is 2.03. The molecule has 1 heterocycles. The van der Waals surface area contributed by atoms with Crippen LogP contribution >= 0.6 is 27.5 Å². The van der Waals surface area contributed by atoms with Crippen molar-refractivity contribution >= 4 is 37.5 Å². The molecule has 0 aliphatic heterocycles. The molecule has 0 atom stereocenters. The van der Waals surface area contributed by atoms with Gasteiger partial charge < -0.3 is 5.73 Å². The summed E-state index contributed by atoms with van der Waals surface area (Å²) in [5.41, 5.74) is 6.52. The van der Waals surface area contributed by atoms with Gasteiger partial charge in [0.25, 0.3) is 0 Å². The summed E-state index contributed by atoms with van der Waals surface area (Å²) in [6.45, 7) is 0.516. The molecule has 0 saturated heterocycles. The molecule has 0 bridgehead atoms. The van der Waals surface area contributed by atoms with Crippen LogP contribution in [-0.4, -0.2) is 4.37 Å². The average Bonchev–Trinajstić information content (AvgIpc) is 2.46. The SMILES string of the molecule is NCc1nsc2cc(Br)ccc12. The number of hydrogen-bond acceptors (Lipinski definition) is 3. The predicted octanol–water partition coefficient (Wildman–Crippen LogP) is 2.52. The molecule has 0 aliphatic carbocycles. The molecular weight excluding hydrogens is 236 g/mol. The van der Waals surface area contributed by atoms with Crippen molar-refractivity contribution < 1.29 is 0 Å². The fourth-order valence-electron chi connectivity index (χ4n) is 1.11. The van der Waals surface area contributed by atoms with Crippen LogP contribution in [0.25, 0.3) is 10.1 Å². The first kappa shape index (κ1) is 8.16. The third-order valence-corrected chi connectivity index (χ3v) is 3.04. The lowest BCUT2D eigenvalue weighted by atomic mass is 10.2. The largest absolute Gasteiger partial charge is 0.325 e. The number of nitrogens with zero attached hydrogens (tertiary/aromatic N) is 1. The molecule has 0 fully saturated rings. The predicted molar refractivity (Wildman–Crippen MR) is 55.2 cm³/mol. The minimum atomic E-state index is 0.516. The van der Waals surface area contributed by atoms with Crippen LogP contribution in [0.5, 0.6) is 0 Å². The number of fused-ring (bicyclic) bond motifs is 1. The summed E-state index contributed by atoms with van der Waals surface area (Å²) < 4.78 is 6.52. The number of nitrogens with two attached hydrogens (primary N) is 1. The van der Waals surface area contributed by atoms with Gasteiger partial charge in [0.05, 0.1) is 10.4 Å². The molecule has 0 aliphatic rings. The maximum absolute atomic E-state index is 5.53. The molecular formula is C8H7BrN2S. The van der Waals surface area contributed by atoms with E-state index in [0.29, 0.717) is 6.54 Å². The average molecular weight is 243 g/mol. The molecule has 0 unspecified atom stereocenters. The minimum absolute atomic E-state index is 0.516. The molecule has 0 spiro atoms. The number of benzene rings is 1. The van der Waals surface area contributed by atoms with Gasteiger partial charge in [-0.3, -0.25) is 0 Å². The maximum atomic E-state index is 5.53. The smallest absolute Gasteiger partial charge is 0.0756 e. The highest BCUT2D eigenvalue weighted by Crippen LogP contribution is 2.25. The summed E-state index contributed by atoms with van der Waals surface area (Å²) in [6, 6.07) is 6.12. The molecule has 0 radical (unpaired) electrons. The van der Waals surface area contributed by atoms with Crippen molar-refractivity contribution in [1.82, 2.24) is 4.37 Å². The first-order valence-electron chi connectivity index (χ1n) is 3.55. The Balaban J connectivity index is 2.73. The second-order valence-electron chi connectivity index (χ2n) is 2.47. The summed E-state index contributed by atoms with van der Waals surface area (Å²) in [7, 11) is 0. The van der Waals surface area contributed by atoms with Crippen molar-refractivity contribution in [2.75, 3.05) is 0 Å². The van der Waals surface area contributed by atoms with E-state index in [1.54, 1.807) is 0 Å². The van der Waals surface area contributed by atoms with E-state index in [-0.39, 0.29) is 0 Å². The number of rotatable bonds is 1. The molecule has 2 nitrogen and oxygen atoms in total. The Morgan fingerprint density at radius 2 is 2.33 bits per heavy atom. The Morgan fingerprint density at radius 3 is 3.08 bits per heavy atom. The van der Waals surface area contributed by atoms with Crippen molar-refractivity contribution in [3.63, 3.8) is 0 Å². The molecule has 1 aromatic carbocycles. The molecule has 0 saturated carbocycles. The Kier molecular flexibility index (Phi) is 2.12. The van der Waals surface area contributed by atoms with E-state index >= 15 is 0 Å². The topological polar surface area (TPSA) is 38.9 Å². The zero-order valence-electron chi connectivity index (χ0n) is 6.25. The summed E-state index contributed by atoms with van der Waals surface area (Å²) in [5, 5.41) is 1.17. The van der Waals surface area contributed by atoms with Crippen molar-refractivity contribution in [2.24, 2.45) is 5.73 Å². The van der Waals surface area contributed by atoms with E-state index < -0.39 is 0 Å². The van der Waals surface area contributed by atoms with Crippen LogP contribution in [0.4, 0.5) is 0 Å². The van der Waals surface area contributed by atoms with Gasteiger partial charge in [-0.05, 0) is 23.7 Å². The van der Waals surface area contributed by atoms with Gasteiger partial charge in [0.1, 0.15) is 0 Å². The lowest BCUT2D eigenvalue weighted by Crippen LogP contribution is -1.95. The molecule has 2 N–H and O–H groups in total. The van der Waals surface area contributed by atoms with E-state index in [9.17, 15) is 0 Å². The Hall–Kier alpha value is -0.450. The molecule has 1 aromatic heterocycles. The lowest BCUT2D eigenvalue weighted by Gasteiger charge is -1.91. The van der Waals surface area contributed by atoms with Crippen molar-refractivity contribution in [1.29, 1.82) is 0 Å². The van der Waals surface area contributed by atoms with Gasteiger partial charge >= 0.3 is 0 Å². The van der Waals surface area contributed by atoms with E-state index in [1.165, 1.54) is 21.6 Å². The first-order valence-corrected chi connectivity index (χ1v) is 5.12. The second kappa shape index (κ2) is 3.12. The highest BCUT2D eigenvalue weighted by molar-refractivity contribution is 9.10. The van der Waals surface area contributed by atoms with Crippen LogP contribution in [0.2, 0.25) is 0 Å². The normalized spacial score (nSPS) is 10.8. The molecule has 62 valence electrons. The molecule has 4 heteroatoms. The van der Waals surface area contributed by atoms with E-state index in [2.05, 4.69) is 26.4 Å². The van der Waals surface area contributed by atoms with Gasteiger partial charge in [-0.2, -0.15) is 4.37 Å². The van der Waals surface area contributed by atoms with E-state index in [0.717, 1.165) is 10.2 Å². The monoisotopic (exact) mass is 242 g/mol. The second-order valence-corrected chi connectivity index (χ2v) is 4.19. The fraction of sp³-hybridized carbons (Fsp3) is 0.125. The van der Waals surface area contributed by atoms with Gasteiger partial charge in [-0.1, -0.05) is 22.0 Å². The standard InChI is InChI=1S/C8H7BrN2S/c9-5-1-2-6-7(4-10)11-12-8(6)3-5/h1-3H,4,10H2. The van der Waals surface area contributed by atoms with Crippen molar-refractivity contribution in [2.45, 2.75) is 6.54 Å². The van der Waals surface area contributed by atoms with Gasteiger partial charge in [-0.15, -0.1) is 0 Å². The van der Waals surface area contributed by atoms with Crippen LogP contribution in [0.3, 0.4) is 0 Å². The summed E-state index contributed by atoms with van der Waals surface area (Å²) in [5.74, 6) is 0. The van der Waals surface area contributed by atoms with Crippen LogP contribution in [0, 0.1) is 0 Å². The van der Waals surface area contributed by atoms with Gasteiger partial charge in [0.2, 0.25) is 0 Å². The first-order chi connectivity index (χ1) is 5.81. The highest BCUT2D eigenvalue weighted by atomic mass is 79.9. The van der Waals surface area contributed by atoms with Crippen LogP contribution in [-0.2, 0) is 6.54 Å². The van der Waals surface area contributed by atoms with Crippen LogP contribution in [0.15, 0.2) is 22.7 Å². The maximum Gasteiger partial charge on any atom is 0.0756 e. The summed E-state index contributed by atoms with van der Waals surface area (Å²) in [6.07, 6.45) is 0. The minimum Gasteiger partial charge on any atom is -0.325 e. The van der Waals surface area contributed by atoms with Gasteiger partial charge in [0, 0.05) is 16.4 Å². The lowest BCUT2D eigenvalue weighted by molar-refractivity contribution is 1.04. The van der Waals surface area contributed by atoms with E-state index in [4.69, 9.17) is 5.73 Å². The molecule has 2 aromatic rings. The third kappa shape index (κ3) is 1.26. The van der Waals surface area contributed by atoms with Gasteiger partial charge in [-0.25, -0.2) is 0 Å². The van der Waals surface area contributed by atoms with Gasteiger partial charge in [0.15, 0.2) is 0 Å². The Labute approximate surface area is 82.7 Å². The van der Waals surface area contributed by atoms with Crippen molar-refractivity contribution in [3.05, 3.63) is 28.4 Å². The number of aromatic nitrogens is 1. The summed E-state index contributed by atoms with van der Waals surface area (Å²) >= 11 is 4.90. The third-order valence-electron chi connectivity index (χ3n) is 1.70. The molecule has 12 heavy (non-hydrogen) atoms.